The monoisotopic (exact) mass is 274 g/mol. The van der Waals surface area contributed by atoms with Crippen molar-refractivity contribution in [2.45, 2.75) is 13.3 Å². The van der Waals surface area contributed by atoms with Crippen LogP contribution in [0.1, 0.15) is 17.5 Å². The molecular formula is C14H14N2O2S. The van der Waals surface area contributed by atoms with Crippen molar-refractivity contribution in [2.24, 2.45) is 0 Å². The number of thiazole rings is 1. The zero-order chi connectivity index (χ0) is 13.8. The van der Waals surface area contributed by atoms with E-state index in [1.165, 1.54) is 11.3 Å². The summed E-state index contributed by atoms with van der Waals surface area (Å²) in [5, 5.41) is 9.90. The first-order valence-corrected chi connectivity index (χ1v) is 6.67. The number of ether oxygens (including phenoxy) is 2. The van der Waals surface area contributed by atoms with Gasteiger partial charge >= 0.3 is 0 Å². The second-order valence-electron chi connectivity index (χ2n) is 3.83. The minimum absolute atomic E-state index is 0.659. The van der Waals surface area contributed by atoms with E-state index in [1.54, 1.807) is 14.2 Å². The Hall–Kier alpha value is -2.06. The van der Waals surface area contributed by atoms with Crippen LogP contribution in [-0.4, -0.2) is 19.2 Å². The SMILES string of the molecule is CCc1nc(-c2ccc(OC)c(OC)c2)sc1C#N. The first-order chi connectivity index (χ1) is 9.23. The third-order valence-electron chi connectivity index (χ3n) is 2.76. The maximum absolute atomic E-state index is 9.07. The Morgan fingerprint density at radius 1 is 1.26 bits per heavy atom. The maximum atomic E-state index is 9.07. The van der Waals surface area contributed by atoms with Crippen LogP contribution in [0.15, 0.2) is 18.2 Å². The Kier molecular flexibility index (Phi) is 4.03. The number of benzene rings is 1. The number of aromatic nitrogens is 1. The highest BCUT2D eigenvalue weighted by atomic mass is 32.1. The topological polar surface area (TPSA) is 55.1 Å². The molecule has 2 aromatic rings. The van der Waals surface area contributed by atoms with Gasteiger partial charge in [-0.05, 0) is 24.6 Å². The fourth-order valence-corrected chi connectivity index (χ4v) is 2.72. The second-order valence-corrected chi connectivity index (χ2v) is 4.83. The van der Waals surface area contributed by atoms with Crippen LogP contribution in [0.25, 0.3) is 10.6 Å². The molecule has 0 bridgehead atoms. The van der Waals surface area contributed by atoms with Crippen molar-refractivity contribution < 1.29 is 9.47 Å². The minimum atomic E-state index is 0.659. The molecule has 5 heteroatoms. The van der Waals surface area contributed by atoms with Crippen LogP contribution < -0.4 is 9.47 Å². The summed E-state index contributed by atoms with van der Waals surface area (Å²) in [6.45, 7) is 1.99. The third-order valence-corrected chi connectivity index (χ3v) is 3.82. The van der Waals surface area contributed by atoms with Crippen LogP contribution in [0, 0.1) is 11.3 Å². The maximum Gasteiger partial charge on any atom is 0.161 e. The van der Waals surface area contributed by atoms with Crippen molar-refractivity contribution in [1.29, 1.82) is 5.26 Å². The Labute approximate surface area is 116 Å². The standard InChI is InChI=1S/C14H14N2O2S/c1-4-10-13(8-15)19-14(16-10)9-5-6-11(17-2)12(7-9)18-3/h5-7H,4H2,1-3H3. The number of nitriles is 1. The van der Waals surface area contributed by atoms with Crippen molar-refractivity contribution in [2.75, 3.05) is 14.2 Å². The molecule has 0 fully saturated rings. The summed E-state index contributed by atoms with van der Waals surface area (Å²) in [4.78, 5) is 5.17. The molecular weight excluding hydrogens is 260 g/mol. The average Bonchev–Trinajstić information content (AvgIpc) is 2.89. The zero-order valence-electron chi connectivity index (χ0n) is 11.1. The first-order valence-electron chi connectivity index (χ1n) is 5.85. The van der Waals surface area contributed by atoms with E-state index in [2.05, 4.69) is 11.1 Å². The van der Waals surface area contributed by atoms with E-state index in [0.29, 0.717) is 16.4 Å². The van der Waals surface area contributed by atoms with Crippen LogP contribution >= 0.6 is 11.3 Å². The predicted molar refractivity (Wildman–Crippen MR) is 74.7 cm³/mol. The lowest BCUT2D eigenvalue weighted by Crippen LogP contribution is -1.90. The van der Waals surface area contributed by atoms with E-state index in [4.69, 9.17) is 14.7 Å². The smallest absolute Gasteiger partial charge is 0.161 e. The van der Waals surface area contributed by atoms with Gasteiger partial charge in [0.15, 0.2) is 11.5 Å². The van der Waals surface area contributed by atoms with E-state index in [9.17, 15) is 0 Å². The van der Waals surface area contributed by atoms with Gasteiger partial charge in [0.25, 0.3) is 0 Å². The Morgan fingerprint density at radius 3 is 2.53 bits per heavy atom. The number of rotatable bonds is 4. The quantitative estimate of drug-likeness (QED) is 0.858. The van der Waals surface area contributed by atoms with Gasteiger partial charge in [0, 0.05) is 5.56 Å². The number of nitrogens with zero attached hydrogens (tertiary/aromatic N) is 2. The molecule has 0 atom stereocenters. The van der Waals surface area contributed by atoms with Gasteiger partial charge in [-0.15, -0.1) is 11.3 Å². The minimum Gasteiger partial charge on any atom is -0.493 e. The van der Waals surface area contributed by atoms with Gasteiger partial charge in [0.2, 0.25) is 0 Å². The molecule has 98 valence electrons. The van der Waals surface area contributed by atoms with E-state index in [0.717, 1.165) is 22.7 Å². The lowest BCUT2D eigenvalue weighted by molar-refractivity contribution is 0.355. The first kappa shape index (κ1) is 13.4. The van der Waals surface area contributed by atoms with Crippen LogP contribution in [0.2, 0.25) is 0 Å². The molecule has 0 radical (unpaired) electrons. The highest BCUT2D eigenvalue weighted by Crippen LogP contribution is 2.34. The van der Waals surface area contributed by atoms with Crippen LogP contribution in [-0.2, 0) is 6.42 Å². The van der Waals surface area contributed by atoms with Gasteiger partial charge in [-0.1, -0.05) is 6.92 Å². The van der Waals surface area contributed by atoms with Crippen molar-refractivity contribution in [3.05, 3.63) is 28.8 Å². The van der Waals surface area contributed by atoms with Crippen molar-refractivity contribution in [1.82, 2.24) is 4.98 Å². The molecule has 0 saturated carbocycles. The Morgan fingerprint density at radius 2 is 2.00 bits per heavy atom. The molecule has 4 nitrogen and oxygen atoms in total. The molecule has 0 N–H and O–H groups in total. The van der Waals surface area contributed by atoms with E-state index < -0.39 is 0 Å². The fourth-order valence-electron chi connectivity index (χ4n) is 1.77. The largest absolute Gasteiger partial charge is 0.493 e. The van der Waals surface area contributed by atoms with Crippen molar-refractivity contribution >= 4 is 11.3 Å². The van der Waals surface area contributed by atoms with E-state index >= 15 is 0 Å². The van der Waals surface area contributed by atoms with Crippen LogP contribution in [0.5, 0.6) is 11.5 Å². The van der Waals surface area contributed by atoms with Gasteiger partial charge in [-0.3, -0.25) is 0 Å². The van der Waals surface area contributed by atoms with Gasteiger partial charge in [0.1, 0.15) is 16.0 Å². The molecule has 19 heavy (non-hydrogen) atoms. The summed E-state index contributed by atoms with van der Waals surface area (Å²) in [6, 6.07) is 7.82. The molecule has 0 unspecified atom stereocenters. The van der Waals surface area contributed by atoms with Crippen LogP contribution in [0.4, 0.5) is 0 Å². The molecule has 2 rings (SSSR count). The summed E-state index contributed by atoms with van der Waals surface area (Å²) < 4.78 is 10.5. The molecule has 1 aromatic heterocycles. The number of aryl methyl sites for hydroxylation is 1. The molecule has 1 aromatic carbocycles. The second kappa shape index (κ2) is 5.72. The highest BCUT2D eigenvalue weighted by Gasteiger charge is 2.13. The predicted octanol–water partition coefficient (Wildman–Crippen LogP) is 3.26. The molecule has 0 aliphatic carbocycles. The Balaban J connectivity index is 2.47. The van der Waals surface area contributed by atoms with Gasteiger partial charge in [-0.25, -0.2) is 4.98 Å². The average molecular weight is 274 g/mol. The number of hydrogen-bond acceptors (Lipinski definition) is 5. The molecule has 0 spiro atoms. The summed E-state index contributed by atoms with van der Waals surface area (Å²) >= 11 is 1.40. The van der Waals surface area contributed by atoms with Crippen LogP contribution in [0.3, 0.4) is 0 Å². The van der Waals surface area contributed by atoms with Gasteiger partial charge in [0.05, 0.1) is 19.9 Å². The van der Waals surface area contributed by atoms with Crippen molar-refractivity contribution in [3.8, 4) is 28.1 Å². The zero-order valence-corrected chi connectivity index (χ0v) is 11.9. The molecule has 0 aliphatic heterocycles. The molecule has 1 heterocycles. The van der Waals surface area contributed by atoms with Gasteiger partial charge in [-0.2, -0.15) is 5.26 Å². The molecule has 0 amide bonds. The summed E-state index contributed by atoms with van der Waals surface area (Å²) in [5.74, 6) is 1.34. The normalized spacial score (nSPS) is 10.0. The van der Waals surface area contributed by atoms with E-state index in [1.807, 2.05) is 25.1 Å². The summed E-state index contributed by atoms with van der Waals surface area (Å²) in [5.41, 5.74) is 1.77. The number of hydrogen-bond donors (Lipinski definition) is 0. The van der Waals surface area contributed by atoms with E-state index in [-0.39, 0.29) is 0 Å². The molecule has 0 aliphatic rings. The summed E-state index contributed by atoms with van der Waals surface area (Å²) in [6.07, 6.45) is 0.757. The number of methoxy groups -OCH3 is 2. The fraction of sp³-hybridized carbons (Fsp3) is 0.286. The van der Waals surface area contributed by atoms with Crippen molar-refractivity contribution in [3.63, 3.8) is 0 Å². The lowest BCUT2D eigenvalue weighted by Gasteiger charge is -2.08. The Bertz CT molecular complexity index is 629. The summed E-state index contributed by atoms with van der Waals surface area (Å²) in [7, 11) is 3.20. The highest BCUT2D eigenvalue weighted by molar-refractivity contribution is 7.15. The third kappa shape index (κ3) is 2.54. The van der Waals surface area contributed by atoms with Gasteiger partial charge < -0.3 is 9.47 Å². The molecule has 0 saturated heterocycles. The lowest BCUT2D eigenvalue weighted by atomic mass is 10.2.